The van der Waals surface area contributed by atoms with Gasteiger partial charge in [-0.15, -0.1) is 11.3 Å². The highest BCUT2D eigenvalue weighted by Gasteiger charge is 2.22. The van der Waals surface area contributed by atoms with Crippen molar-refractivity contribution >= 4 is 50.5 Å². The molecule has 0 radical (unpaired) electrons. The number of rotatable bonds is 3. The number of benzene rings is 1. The van der Waals surface area contributed by atoms with Crippen molar-refractivity contribution in [2.45, 2.75) is 13.0 Å². The van der Waals surface area contributed by atoms with Gasteiger partial charge in [-0.2, -0.15) is 0 Å². The van der Waals surface area contributed by atoms with E-state index in [1.54, 1.807) is 13.1 Å². The molecule has 0 aliphatic carbocycles. The predicted octanol–water partition coefficient (Wildman–Crippen LogP) is 5.57. The maximum absolute atomic E-state index is 14.1. The normalized spacial score (nSPS) is 12.7. The molecule has 1 atom stereocenters. The van der Waals surface area contributed by atoms with Gasteiger partial charge in [0.25, 0.3) is 0 Å². The molecule has 2 aromatic rings. The van der Waals surface area contributed by atoms with Gasteiger partial charge in [-0.3, -0.25) is 0 Å². The van der Waals surface area contributed by atoms with Crippen LogP contribution in [0.25, 0.3) is 0 Å². The van der Waals surface area contributed by atoms with E-state index in [9.17, 15) is 4.39 Å². The van der Waals surface area contributed by atoms with Crippen molar-refractivity contribution in [3.8, 4) is 0 Å². The van der Waals surface area contributed by atoms with Gasteiger partial charge in [-0.05, 0) is 53.0 Å². The molecule has 1 nitrogen and oxygen atoms in total. The van der Waals surface area contributed by atoms with Crippen molar-refractivity contribution in [1.29, 1.82) is 0 Å². The van der Waals surface area contributed by atoms with Gasteiger partial charge < -0.3 is 5.32 Å². The highest BCUT2D eigenvalue weighted by Crippen LogP contribution is 2.38. The van der Waals surface area contributed by atoms with Crippen LogP contribution in [0, 0.1) is 12.7 Å². The first-order chi connectivity index (χ1) is 8.95. The van der Waals surface area contributed by atoms with E-state index in [1.807, 2.05) is 12.3 Å². The number of halogens is 4. The average Bonchev–Trinajstić information content (AvgIpc) is 2.68. The number of hydrogen-bond donors (Lipinski definition) is 1. The van der Waals surface area contributed by atoms with Gasteiger partial charge in [-0.1, -0.05) is 23.2 Å². The van der Waals surface area contributed by atoms with Crippen LogP contribution in [0.15, 0.2) is 22.0 Å². The Morgan fingerprint density at radius 1 is 1.37 bits per heavy atom. The van der Waals surface area contributed by atoms with E-state index in [4.69, 9.17) is 23.2 Å². The van der Waals surface area contributed by atoms with Crippen LogP contribution in [-0.2, 0) is 0 Å². The second-order valence-corrected chi connectivity index (χ2v) is 6.66. The Kier molecular flexibility index (Phi) is 4.90. The summed E-state index contributed by atoms with van der Waals surface area (Å²) in [6.07, 6.45) is 0. The zero-order chi connectivity index (χ0) is 14.2. The fourth-order valence-electron chi connectivity index (χ4n) is 1.83. The van der Waals surface area contributed by atoms with Gasteiger partial charge in [0.2, 0.25) is 0 Å². The molecule has 1 aromatic heterocycles. The first-order valence-corrected chi connectivity index (χ1v) is 7.93. The molecule has 0 aliphatic heterocycles. The lowest BCUT2D eigenvalue weighted by Crippen LogP contribution is -2.18. The molecule has 19 heavy (non-hydrogen) atoms. The largest absolute Gasteiger partial charge is 0.309 e. The molecule has 0 amide bonds. The monoisotopic (exact) mass is 381 g/mol. The van der Waals surface area contributed by atoms with Crippen LogP contribution in [0.5, 0.6) is 0 Å². The summed E-state index contributed by atoms with van der Waals surface area (Å²) < 4.78 is 14.7. The molecule has 1 unspecified atom stereocenters. The van der Waals surface area contributed by atoms with E-state index < -0.39 is 0 Å². The summed E-state index contributed by atoms with van der Waals surface area (Å²) in [6, 6.07) is 2.68. The Hall–Kier alpha value is -0.130. The lowest BCUT2D eigenvalue weighted by molar-refractivity contribution is 0.578. The number of thiophene rings is 1. The van der Waals surface area contributed by atoms with E-state index in [2.05, 4.69) is 21.2 Å². The third-order valence-electron chi connectivity index (χ3n) is 2.83. The molecule has 0 bridgehead atoms. The smallest absolute Gasteiger partial charge is 0.129 e. The highest BCUT2D eigenvalue weighted by molar-refractivity contribution is 9.10. The van der Waals surface area contributed by atoms with Crippen LogP contribution >= 0.6 is 50.5 Å². The van der Waals surface area contributed by atoms with Crippen molar-refractivity contribution in [3.05, 3.63) is 53.9 Å². The molecule has 0 spiro atoms. The van der Waals surface area contributed by atoms with Crippen LogP contribution in [0.2, 0.25) is 10.0 Å². The molecule has 1 heterocycles. The number of hydrogen-bond acceptors (Lipinski definition) is 2. The SMILES string of the molecule is CNC(c1cc(Cl)c(Br)cc1F)c1scc(C)c1Cl. The second kappa shape index (κ2) is 6.10. The molecule has 0 fully saturated rings. The fourth-order valence-corrected chi connectivity index (χ4v) is 3.75. The maximum Gasteiger partial charge on any atom is 0.129 e. The van der Waals surface area contributed by atoms with Gasteiger partial charge >= 0.3 is 0 Å². The first kappa shape index (κ1) is 15.3. The van der Waals surface area contributed by atoms with E-state index in [-0.39, 0.29) is 11.9 Å². The molecular formula is C13H11BrCl2FNS. The maximum atomic E-state index is 14.1. The van der Waals surface area contributed by atoms with Crippen molar-refractivity contribution < 1.29 is 4.39 Å². The Balaban J connectivity index is 2.54. The minimum atomic E-state index is -0.322. The lowest BCUT2D eigenvalue weighted by Gasteiger charge is -2.17. The molecule has 0 saturated carbocycles. The van der Waals surface area contributed by atoms with E-state index >= 15 is 0 Å². The summed E-state index contributed by atoms with van der Waals surface area (Å²) in [5.41, 5.74) is 1.48. The summed E-state index contributed by atoms with van der Waals surface area (Å²) in [6.45, 7) is 1.93. The molecule has 2 rings (SSSR count). The standard InChI is InChI=1S/C13H11BrCl2FNS/c1-6-5-19-13(11(6)16)12(18-2)7-3-9(15)8(14)4-10(7)17/h3-5,12,18H,1-2H3. The van der Waals surface area contributed by atoms with Crippen molar-refractivity contribution in [2.24, 2.45) is 0 Å². The Bertz CT molecular complexity index is 615. The van der Waals surface area contributed by atoms with Gasteiger partial charge in [0, 0.05) is 14.9 Å². The number of nitrogens with one attached hydrogen (secondary N) is 1. The molecule has 0 saturated heterocycles. The summed E-state index contributed by atoms with van der Waals surface area (Å²) in [7, 11) is 1.77. The lowest BCUT2D eigenvalue weighted by atomic mass is 10.0. The molecule has 1 N–H and O–H groups in total. The summed E-state index contributed by atoms with van der Waals surface area (Å²) >= 11 is 17.0. The van der Waals surface area contributed by atoms with Crippen molar-refractivity contribution in [1.82, 2.24) is 5.32 Å². The minimum Gasteiger partial charge on any atom is -0.309 e. The van der Waals surface area contributed by atoms with Crippen LogP contribution in [0.3, 0.4) is 0 Å². The number of aryl methyl sites for hydroxylation is 1. The van der Waals surface area contributed by atoms with Crippen LogP contribution in [-0.4, -0.2) is 7.05 Å². The van der Waals surface area contributed by atoms with Gasteiger partial charge in [0.1, 0.15) is 5.82 Å². The minimum absolute atomic E-state index is 0.309. The van der Waals surface area contributed by atoms with E-state index in [0.29, 0.717) is 20.1 Å². The van der Waals surface area contributed by atoms with Crippen LogP contribution in [0.1, 0.15) is 22.0 Å². The van der Waals surface area contributed by atoms with Crippen LogP contribution in [0.4, 0.5) is 4.39 Å². The molecule has 102 valence electrons. The highest BCUT2D eigenvalue weighted by atomic mass is 79.9. The Morgan fingerprint density at radius 2 is 2.05 bits per heavy atom. The third-order valence-corrected chi connectivity index (χ3v) is 5.80. The predicted molar refractivity (Wildman–Crippen MR) is 84.1 cm³/mol. The molecular weight excluding hydrogens is 372 g/mol. The molecule has 6 heteroatoms. The van der Waals surface area contributed by atoms with E-state index in [1.165, 1.54) is 17.4 Å². The Morgan fingerprint density at radius 3 is 2.58 bits per heavy atom. The summed E-state index contributed by atoms with van der Waals surface area (Å²) in [5.74, 6) is -0.322. The third kappa shape index (κ3) is 2.98. The zero-order valence-electron chi connectivity index (χ0n) is 10.2. The fraction of sp³-hybridized carbons (Fsp3) is 0.231. The van der Waals surface area contributed by atoms with Gasteiger partial charge in [0.15, 0.2) is 0 Å². The summed E-state index contributed by atoms with van der Waals surface area (Å²) in [5, 5.41) is 6.19. The Labute approximate surface area is 133 Å². The van der Waals surface area contributed by atoms with Crippen LogP contribution < -0.4 is 5.32 Å². The van der Waals surface area contributed by atoms with Gasteiger partial charge in [-0.25, -0.2) is 4.39 Å². The average molecular weight is 383 g/mol. The first-order valence-electron chi connectivity index (χ1n) is 5.51. The second-order valence-electron chi connectivity index (χ2n) is 4.11. The van der Waals surface area contributed by atoms with E-state index in [0.717, 1.165) is 10.4 Å². The molecule has 0 aliphatic rings. The summed E-state index contributed by atoms with van der Waals surface area (Å²) in [4.78, 5) is 0.888. The van der Waals surface area contributed by atoms with Crippen molar-refractivity contribution in [3.63, 3.8) is 0 Å². The molecule has 1 aromatic carbocycles. The van der Waals surface area contributed by atoms with Gasteiger partial charge in [0.05, 0.1) is 16.1 Å². The topological polar surface area (TPSA) is 12.0 Å². The van der Waals surface area contributed by atoms with Crippen molar-refractivity contribution in [2.75, 3.05) is 7.05 Å². The quantitative estimate of drug-likeness (QED) is 0.683. The zero-order valence-corrected chi connectivity index (χ0v) is 14.1.